The molecule has 1 aromatic carbocycles. The molecular weight excluding hydrogens is 298 g/mol. The maximum absolute atomic E-state index is 12.4. The Morgan fingerprint density at radius 1 is 1.29 bits per heavy atom. The van der Waals surface area contributed by atoms with E-state index in [1.54, 1.807) is 0 Å². The van der Waals surface area contributed by atoms with E-state index in [0.29, 0.717) is 0 Å². The summed E-state index contributed by atoms with van der Waals surface area (Å²) in [7, 11) is 0. The van der Waals surface area contributed by atoms with Gasteiger partial charge in [0.15, 0.2) is 0 Å². The summed E-state index contributed by atoms with van der Waals surface area (Å²) >= 11 is 0. The van der Waals surface area contributed by atoms with Crippen LogP contribution >= 0.6 is 0 Å². The molecule has 0 bridgehead atoms. The number of carbonyl (C=O) groups is 1. The topological polar surface area (TPSA) is 48.1 Å². The van der Waals surface area contributed by atoms with Gasteiger partial charge >= 0.3 is 0 Å². The molecule has 24 heavy (non-hydrogen) atoms. The lowest BCUT2D eigenvalue weighted by atomic mass is 9.98. The molecular formula is C20H27N3O. The van der Waals surface area contributed by atoms with Crippen LogP contribution < -0.4 is 5.32 Å². The first-order valence-corrected chi connectivity index (χ1v) is 8.67. The molecule has 128 valence electrons. The molecule has 1 aliphatic rings. The van der Waals surface area contributed by atoms with E-state index in [1.165, 1.54) is 22.0 Å². The zero-order chi connectivity index (χ0) is 17.3. The molecule has 0 fully saturated rings. The van der Waals surface area contributed by atoms with Crippen molar-refractivity contribution in [2.24, 2.45) is 0 Å². The summed E-state index contributed by atoms with van der Waals surface area (Å²) in [5, 5.41) is 4.35. The molecule has 1 amide bonds. The Morgan fingerprint density at radius 3 is 2.71 bits per heavy atom. The maximum atomic E-state index is 12.4. The SMILES string of the molecule is C[C@H](C(=O)NC(C)(C)C)N1CC=C(c2c[nH]c3ccccc23)CC1. The quantitative estimate of drug-likeness (QED) is 0.906. The van der Waals surface area contributed by atoms with Crippen molar-refractivity contribution in [3.05, 3.63) is 42.1 Å². The Balaban J connectivity index is 1.71. The largest absolute Gasteiger partial charge is 0.361 e. The third-order valence-electron chi connectivity index (χ3n) is 4.60. The predicted octanol–water partition coefficient (Wildman–Crippen LogP) is 3.56. The highest BCUT2D eigenvalue weighted by atomic mass is 16.2. The smallest absolute Gasteiger partial charge is 0.237 e. The van der Waals surface area contributed by atoms with E-state index in [2.05, 4.69) is 51.7 Å². The number of fused-ring (bicyclic) bond motifs is 1. The van der Waals surface area contributed by atoms with Gasteiger partial charge in [0.1, 0.15) is 0 Å². The van der Waals surface area contributed by atoms with Gasteiger partial charge in [-0.2, -0.15) is 0 Å². The highest BCUT2D eigenvalue weighted by Crippen LogP contribution is 2.29. The van der Waals surface area contributed by atoms with Crippen LogP contribution in [0.5, 0.6) is 0 Å². The third kappa shape index (κ3) is 3.54. The van der Waals surface area contributed by atoms with E-state index in [-0.39, 0.29) is 17.5 Å². The van der Waals surface area contributed by atoms with Crippen molar-refractivity contribution in [1.82, 2.24) is 15.2 Å². The van der Waals surface area contributed by atoms with Crippen LogP contribution in [0, 0.1) is 0 Å². The molecule has 0 aliphatic carbocycles. The molecule has 1 atom stereocenters. The molecule has 0 unspecified atom stereocenters. The Morgan fingerprint density at radius 2 is 2.04 bits per heavy atom. The van der Waals surface area contributed by atoms with E-state index >= 15 is 0 Å². The van der Waals surface area contributed by atoms with Crippen molar-refractivity contribution in [3.8, 4) is 0 Å². The van der Waals surface area contributed by atoms with Gasteiger partial charge < -0.3 is 10.3 Å². The lowest BCUT2D eigenvalue weighted by Gasteiger charge is -2.33. The number of nitrogens with one attached hydrogen (secondary N) is 2. The minimum Gasteiger partial charge on any atom is -0.361 e. The van der Waals surface area contributed by atoms with Crippen LogP contribution in [-0.2, 0) is 4.79 Å². The van der Waals surface area contributed by atoms with Crippen LogP contribution in [-0.4, -0.2) is 40.5 Å². The molecule has 0 spiro atoms. The van der Waals surface area contributed by atoms with Crippen molar-refractivity contribution in [1.29, 1.82) is 0 Å². The summed E-state index contributed by atoms with van der Waals surface area (Å²) in [5.74, 6) is 0.103. The number of hydrogen-bond acceptors (Lipinski definition) is 2. The minimum absolute atomic E-state index is 0.103. The summed E-state index contributed by atoms with van der Waals surface area (Å²) < 4.78 is 0. The van der Waals surface area contributed by atoms with Gasteiger partial charge in [-0.3, -0.25) is 9.69 Å². The average Bonchev–Trinajstić information content (AvgIpc) is 2.97. The van der Waals surface area contributed by atoms with Crippen LogP contribution in [0.25, 0.3) is 16.5 Å². The first-order chi connectivity index (χ1) is 11.3. The van der Waals surface area contributed by atoms with E-state index < -0.39 is 0 Å². The van der Waals surface area contributed by atoms with E-state index in [9.17, 15) is 4.79 Å². The van der Waals surface area contributed by atoms with E-state index in [4.69, 9.17) is 0 Å². The number of H-pyrrole nitrogens is 1. The molecule has 3 rings (SSSR count). The molecule has 2 aromatic rings. The van der Waals surface area contributed by atoms with Crippen LogP contribution in [0.1, 0.15) is 39.7 Å². The molecule has 2 heterocycles. The van der Waals surface area contributed by atoms with Gasteiger partial charge in [-0.1, -0.05) is 24.3 Å². The fourth-order valence-electron chi connectivity index (χ4n) is 3.26. The van der Waals surface area contributed by atoms with Gasteiger partial charge in [0.25, 0.3) is 0 Å². The lowest BCUT2D eigenvalue weighted by Crippen LogP contribution is -2.51. The fraction of sp³-hybridized carbons (Fsp3) is 0.450. The number of hydrogen-bond donors (Lipinski definition) is 2. The summed E-state index contributed by atoms with van der Waals surface area (Å²) in [4.78, 5) is 17.9. The standard InChI is InChI=1S/C20H27N3O/c1-14(19(24)22-20(2,3)4)23-11-9-15(10-12-23)17-13-21-18-8-6-5-7-16(17)18/h5-9,13-14,21H,10-12H2,1-4H3,(H,22,24)/t14-/m1/s1. The molecule has 1 aliphatic heterocycles. The lowest BCUT2D eigenvalue weighted by molar-refractivity contribution is -0.127. The van der Waals surface area contributed by atoms with Crippen molar-refractivity contribution < 1.29 is 4.79 Å². The van der Waals surface area contributed by atoms with Gasteiger partial charge in [-0.05, 0) is 45.8 Å². The summed E-state index contributed by atoms with van der Waals surface area (Å²) in [6.45, 7) is 9.76. The third-order valence-corrected chi connectivity index (χ3v) is 4.60. The van der Waals surface area contributed by atoms with E-state index in [0.717, 1.165) is 19.5 Å². The number of benzene rings is 1. The molecule has 4 heteroatoms. The Bertz CT molecular complexity index is 767. The van der Waals surface area contributed by atoms with Gasteiger partial charge in [-0.25, -0.2) is 0 Å². The second-order valence-electron chi connectivity index (χ2n) is 7.64. The summed E-state index contributed by atoms with van der Waals surface area (Å²) in [6, 6.07) is 8.29. The molecule has 0 radical (unpaired) electrons. The van der Waals surface area contributed by atoms with Crippen LogP contribution in [0.2, 0.25) is 0 Å². The van der Waals surface area contributed by atoms with Gasteiger partial charge in [0.05, 0.1) is 6.04 Å². The van der Waals surface area contributed by atoms with Crippen LogP contribution in [0.15, 0.2) is 36.5 Å². The molecule has 0 saturated heterocycles. The van der Waals surface area contributed by atoms with Gasteiger partial charge in [-0.15, -0.1) is 0 Å². The predicted molar refractivity (Wildman–Crippen MR) is 99.8 cm³/mol. The van der Waals surface area contributed by atoms with Crippen LogP contribution in [0.4, 0.5) is 0 Å². The number of aromatic amines is 1. The summed E-state index contributed by atoms with van der Waals surface area (Å²) in [6.07, 6.45) is 5.33. The van der Waals surface area contributed by atoms with Crippen molar-refractivity contribution >= 4 is 22.4 Å². The maximum Gasteiger partial charge on any atom is 0.237 e. The van der Waals surface area contributed by atoms with Gasteiger partial charge in [0.2, 0.25) is 5.91 Å². The highest BCUT2D eigenvalue weighted by molar-refractivity contribution is 5.92. The monoisotopic (exact) mass is 325 g/mol. The number of amides is 1. The van der Waals surface area contributed by atoms with Gasteiger partial charge in [0, 0.05) is 41.3 Å². The second kappa shape index (κ2) is 6.44. The van der Waals surface area contributed by atoms with Crippen molar-refractivity contribution in [3.63, 3.8) is 0 Å². The van der Waals surface area contributed by atoms with E-state index in [1.807, 2.05) is 27.7 Å². The molecule has 2 N–H and O–H groups in total. The second-order valence-corrected chi connectivity index (χ2v) is 7.64. The Labute approximate surface area is 143 Å². The normalized spacial score (nSPS) is 17.6. The zero-order valence-corrected chi connectivity index (χ0v) is 15.0. The van der Waals surface area contributed by atoms with Crippen LogP contribution in [0.3, 0.4) is 0 Å². The first kappa shape index (κ1) is 16.8. The zero-order valence-electron chi connectivity index (χ0n) is 15.0. The summed E-state index contributed by atoms with van der Waals surface area (Å²) in [5.41, 5.74) is 3.64. The number of para-hydroxylation sites is 1. The van der Waals surface area contributed by atoms with Crippen molar-refractivity contribution in [2.75, 3.05) is 13.1 Å². The fourth-order valence-corrected chi connectivity index (χ4v) is 3.26. The number of rotatable bonds is 3. The number of nitrogens with zero attached hydrogens (tertiary/aromatic N) is 1. The minimum atomic E-state index is -0.188. The number of carbonyl (C=O) groups excluding carboxylic acids is 1. The van der Waals surface area contributed by atoms with Crippen molar-refractivity contribution in [2.45, 2.75) is 45.7 Å². The number of aromatic nitrogens is 1. The average molecular weight is 325 g/mol. The Hall–Kier alpha value is -2.07. The highest BCUT2D eigenvalue weighted by Gasteiger charge is 2.26. The molecule has 4 nitrogen and oxygen atoms in total. The first-order valence-electron chi connectivity index (χ1n) is 8.67. The Kier molecular flexibility index (Phi) is 4.50. The molecule has 1 aromatic heterocycles. The molecule has 0 saturated carbocycles.